The lowest BCUT2D eigenvalue weighted by Crippen LogP contribution is -2.33. The maximum atomic E-state index is 13.7. The second-order valence-electron chi connectivity index (χ2n) is 8.63. The largest absolute Gasteiger partial charge is 0.497 e. The SMILES string of the molecule is COc1ccc(CN(C(=O)c2cc(S(=O)(=O)N(C)c3ccccc3OC)ccc2C)C2CC2)cc1. The minimum absolute atomic E-state index is 0.0556. The van der Waals surface area contributed by atoms with Crippen molar-refractivity contribution in [3.05, 3.63) is 83.4 Å². The van der Waals surface area contributed by atoms with E-state index in [0.29, 0.717) is 23.5 Å². The van der Waals surface area contributed by atoms with Crippen molar-refractivity contribution in [3.8, 4) is 11.5 Å². The Morgan fingerprint density at radius 3 is 2.29 bits per heavy atom. The highest BCUT2D eigenvalue weighted by Crippen LogP contribution is 2.33. The number of ether oxygens (including phenoxy) is 2. The van der Waals surface area contributed by atoms with Crippen LogP contribution in [0.2, 0.25) is 0 Å². The first-order valence-corrected chi connectivity index (χ1v) is 12.9. The molecule has 1 saturated carbocycles. The zero-order valence-corrected chi connectivity index (χ0v) is 21.2. The summed E-state index contributed by atoms with van der Waals surface area (Å²) in [5.74, 6) is 1.03. The third-order valence-corrected chi connectivity index (χ3v) is 8.05. The third-order valence-electron chi connectivity index (χ3n) is 6.28. The summed E-state index contributed by atoms with van der Waals surface area (Å²) < 4.78 is 38.7. The maximum Gasteiger partial charge on any atom is 0.264 e. The zero-order chi connectivity index (χ0) is 25.2. The Labute approximate surface area is 206 Å². The molecule has 1 aliphatic carbocycles. The van der Waals surface area contributed by atoms with Crippen molar-refractivity contribution < 1.29 is 22.7 Å². The molecule has 0 aliphatic heterocycles. The molecule has 8 heteroatoms. The van der Waals surface area contributed by atoms with E-state index in [1.807, 2.05) is 36.1 Å². The summed E-state index contributed by atoms with van der Waals surface area (Å²) in [5, 5.41) is 0. The first-order chi connectivity index (χ1) is 16.8. The van der Waals surface area contributed by atoms with Gasteiger partial charge in [-0.3, -0.25) is 9.10 Å². The van der Waals surface area contributed by atoms with E-state index < -0.39 is 10.0 Å². The number of nitrogens with zero attached hydrogens (tertiary/aromatic N) is 2. The fraction of sp³-hybridized carbons (Fsp3) is 0.296. The van der Waals surface area contributed by atoms with Gasteiger partial charge in [0.1, 0.15) is 11.5 Å². The van der Waals surface area contributed by atoms with Gasteiger partial charge in [-0.25, -0.2) is 8.42 Å². The molecule has 0 bridgehead atoms. The van der Waals surface area contributed by atoms with Gasteiger partial charge in [-0.2, -0.15) is 0 Å². The topological polar surface area (TPSA) is 76.2 Å². The van der Waals surface area contributed by atoms with Crippen molar-refractivity contribution in [2.24, 2.45) is 0 Å². The van der Waals surface area contributed by atoms with Gasteiger partial charge >= 0.3 is 0 Å². The number of aryl methyl sites for hydroxylation is 1. The van der Waals surface area contributed by atoms with E-state index in [1.54, 1.807) is 37.4 Å². The van der Waals surface area contributed by atoms with Crippen LogP contribution in [0.15, 0.2) is 71.6 Å². The van der Waals surface area contributed by atoms with E-state index in [4.69, 9.17) is 9.47 Å². The number of benzene rings is 3. The van der Waals surface area contributed by atoms with Crippen LogP contribution in [0.5, 0.6) is 11.5 Å². The van der Waals surface area contributed by atoms with Crippen LogP contribution in [0.4, 0.5) is 5.69 Å². The third kappa shape index (κ3) is 5.12. The van der Waals surface area contributed by atoms with Gasteiger partial charge in [-0.15, -0.1) is 0 Å². The summed E-state index contributed by atoms with van der Waals surface area (Å²) >= 11 is 0. The molecular formula is C27H30N2O5S. The zero-order valence-electron chi connectivity index (χ0n) is 20.4. The Morgan fingerprint density at radius 2 is 1.66 bits per heavy atom. The molecule has 1 aliphatic rings. The summed E-state index contributed by atoms with van der Waals surface area (Å²) in [7, 11) is 0.668. The molecule has 3 aromatic carbocycles. The van der Waals surface area contributed by atoms with Crippen molar-refractivity contribution in [2.75, 3.05) is 25.6 Å². The molecule has 0 heterocycles. The van der Waals surface area contributed by atoms with Crippen LogP contribution in [0.3, 0.4) is 0 Å². The predicted molar refractivity (Wildman–Crippen MR) is 136 cm³/mol. The molecule has 0 N–H and O–H groups in total. The standard InChI is InChI=1S/C27H30N2O5S/c1-19-9-16-23(35(31,32)28(2)25-7-5-6-8-26(25)34-4)17-24(19)27(30)29(21-12-13-21)18-20-10-14-22(33-3)15-11-20/h5-11,14-17,21H,12-13,18H2,1-4H3. The average Bonchev–Trinajstić information content (AvgIpc) is 3.72. The van der Waals surface area contributed by atoms with Crippen molar-refractivity contribution in [1.82, 2.24) is 4.90 Å². The lowest BCUT2D eigenvalue weighted by molar-refractivity contribution is 0.0729. The highest BCUT2D eigenvalue weighted by molar-refractivity contribution is 7.92. The Kier molecular flexibility index (Phi) is 7.03. The molecule has 3 aromatic rings. The van der Waals surface area contributed by atoms with E-state index in [2.05, 4.69) is 0 Å². The molecule has 0 saturated heterocycles. The van der Waals surface area contributed by atoms with Gasteiger partial charge in [0.25, 0.3) is 15.9 Å². The Hall–Kier alpha value is -3.52. The Bertz CT molecular complexity index is 1320. The molecule has 184 valence electrons. The van der Waals surface area contributed by atoms with Gasteiger partial charge in [0.05, 0.1) is 24.8 Å². The number of hydrogen-bond donors (Lipinski definition) is 0. The normalized spacial score (nSPS) is 13.3. The Balaban J connectivity index is 1.65. The summed E-state index contributed by atoms with van der Waals surface area (Å²) in [6, 6.07) is 19.4. The van der Waals surface area contributed by atoms with Gasteiger partial charge in [-0.05, 0) is 67.3 Å². The minimum atomic E-state index is -3.93. The first kappa shape index (κ1) is 24.6. The summed E-state index contributed by atoms with van der Waals surface area (Å²) in [6.45, 7) is 2.27. The van der Waals surface area contributed by atoms with Gasteiger partial charge in [-0.1, -0.05) is 30.3 Å². The highest BCUT2D eigenvalue weighted by Gasteiger charge is 2.34. The van der Waals surface area contributed by atoms with Crippen LogP contribution < -0.4 is 13.8 Å². The molecule has 1 amide bonds. The molecule has 0 unspecified atom stereocenters. The second-order valence-corrected chi connectivity index (χ2v) is 10.6. The molecule has 35 heavy (non-hydrogen) atoms. The first-order valence-electron chi connectivity index (χ1n) is 11.4. The van der Waals surface area contributed by atoms with Gasteiger partial charge in [0.2, 0.25) is 0 Å². The predicted octanol–water partition coefficient (Wildman–Crippen LogP) is 4.64. The smallest absolute Gasteiger partial charge is 0.264 e. The summed E-state index contributed by atoms with van der Waals surface area (Å²) in [5.41, 5.74) is 2.53. The van der Waals surface area contributed by atoms with Crippen molar-refractivity contribution in [1.29, 1.82) is 0 Å². The number of methoxy groups -OCH3 is 2. The lowest BCUT2D eigenvalue weighted by Gasteiger charge is -2.25. The number of para-hydroxylation sites is 2. The number of carbonyl (C=O) groups excluding carboxylic acids is 1. The number of hydrogen-bond acceptors (Lipinski definition) is 5. The maximum absolute atomic E-state index is 13.7. The number of rotatable bonds is 9. The molecular weight excluding hydrogens is 464 g/mol. The van der Waals surface area contributed by atoms with Crippen LogP contribution in [0, 0.1) is 6.92 Å². The fourth-order valence-electron chi connectivity index (χ4n) is 4.00. The van der Waals surface area contributed by atoms with E-state index in [0.717, 1.165) is 29.7 Å². The van der Waals surface area contributed by atoms with Crippen LogP contribution >= 0.6 is 0 Å². The van der Waals surface area contributed by atoms with Crippen LogP contribution in [-0.4, -0.2) is 46.5 Å². The molecule has 4 rings (SSSR count). The van der Waals surface area contributed by atoms with Crippen molar-refractivity contribution >= 4 is 21.6 Å². The lowest BCUT2D eigenvalue weighted by atomic mass is 10.1. The summed E-state index contributed by atoms with van der Waals surface area (Å²) in [4.78, 5) is 15.6. The van der Waals surface area contributed by atoms with Crippen molar-refractivity contribution in [3.63, 3.8) is 0 Å². The number of sulfonamides is 1. The van der Waals surface area contributed by atoms with Gasteiger partial charge in [0.15, 0.2) is 0 Å². The van der Waals surface area contributed by atoms with Gasteiger partial charge < -0.3 is 14.4 Å². The van der Waals surface area contributed by atoms with E-state index in [-0.39, 0.29) is 16.8 Å². The highest BCUT2D eigenvalue weighted by atomic mass is 32.2. The number of amides is 1. The molecule has 0 atom stereocenters. The van der Waals surface area contributed by atoms with E-state index in [1.165, 1.54) is 30.6 Å². The average molecular weight is 495 g/mol. The van der Waals surface area contributed by atoms with Crippen LogP contribution in [-0.2, 0) is 16.6 Å². The van der Waals surface area contributed by atoms with E-state index in [9.17, 15) is 13.2 Å². The van der Waals surface area contributed by atoms with Crippen molar-refractivity contribution in [2.45, 2.75) is 37.2 Å². The molecule has 7 nitrogen and oxygen atoms in total. The molecule has 0 radical (unpaired) electrons. The second kappa shape index (κ2) is 10.00. The molecule has 0 spiro atoms. The minimum Gasteiger partial charge on any atom is -0.497 e. The molecule has 0 aromatic heterocycles. The number of anilines is 1. The Morgan fingerprint density at radius 1 is 0.971 bits per heavy atom. The quantitative estimate of drug-likeness (QED) is 0.433. The van der Waals surface area contributed by atoms with Crippen LogP contribution in [0.25, 0.3) is 0 Å². The van der Waals surface area contributed by atoms with Gasteiger partial charge in [0, 0.05) is 25.2 Å². The fourth-order valence-corrected chi connectivity index (χ4v) is 5.24. The number of carbonyl (C=O) groups is 1. The van der Waals surface area contributed by atoms with E-state index >= 15 is 0 Å². The van der Waals surface area contributed by atoms with Crippen LogP contribution in [0.1, 0.15) is 34.3 Å². The molecule has 1 fully saturated rings. The monoisotopic (exact) mass is 494 g/mol. The summed E-state index contributed by atoms with van der Waals surface area (Å²) in [6.07, 6.45) is 1.88.